The first kappa shape index (κ1) is 11.9. The molecule has 0 radical (unpaired) electrons. The molecule has 0 saturated carbocycles. The number of halogens is 1. The maximum atomic E-state index is 9.84. The first-order valence-electron chi connectivity index (χ1n) is 6.29. The summed E-state index contributed by atoms with van der Waals surface area (Å²) < 4.78 is 11.2. The van der Waals surface area contributed by atoms with Crippen molar-refractivity contribution < 1.29 is 14.6 Å². The molecule has 1 atom stereocenters. The Bertz CT molecular complexity index is 458. The van der Waals surface area contributed by atoms with Gasteiger partial charge in [0.1, 0.15) is 19.0 Å². The van der Waals surface area contributed by atoms with Gasteiger partial charge in [0.25, 0.3) is 0 Å². The summed E-state index contributed by atoms with van der Waals surface area (Å²) in [5.74, 6) is 1.35. The number of ether oxygens (including phenoxy) is 2. The van der Waals surface area contributed by atoms with Crippen molar-refractivity contribution in [3.63, 3.8) is 0 Å². The van der Waals surface area contributed by atoms with Gasteiger partial charge < -0.3 is 19.9 Å². The highest BCUT2D eigenvalue weighted by atomic mass is 35.5. The van der Waals surface area contributed by atoms with Crippen LogP contribution >= 0.6 is 11.6 Å². The molecule has 4 nitrogen and oxygen atoms in total. The van der Waals surface area contributed by atoms with Gasteiger partial charge in [-0.1, -0.05) is 11.6 Å². The Morgan fingerprint density at radius 1 is 1.39 bits per heavy atom. The van der Waals surface area contributed by atoms with Crippen LogP contribution in [0.3, 0.4) is 0 Å². The topological polar surface area (TPSA) is 50.7 Å². The minimum absolute atomic E-state index is 0.0638. The summed E-state index contributed by atoms with van der Waals surface area (Å²) >= 11 is 6.20. The highest BCUT2D eigenvalue weighted by molar-refractivity contribution is 6.33. The normalized spacial score (nSPS) is 22.2. The molecule has 0 bridgehead atoms. The summed E-state index contributed by atoms with van der Waals surface area (Å²) in [7, 11) is 0. The molecule has 1 aromatic carbocycles. The number of phenols is 1. The first-order valence-corrected chi connectivity index (χ1v) is 6.67. The number of fused-ring (bicyclic) bond motifs is 1. The fourth-order valence-corrected chi connectivity index (χ4v) is 2.79. The van der Waals surface area contributed by atoms with Gasteiger partial charge in [-0.25, -0.2) is 0 Å². The molecular weight excluding hydrogens is 254 g/mol. The zero-order valence-electron chi connectivity index (χ0n) is 10.0. The van der Waals surface area contributed by atoms with Crippen molar-refractivity contribution in [1.82, 2.24) is 5.32 Å². The van der Waals surface area contributed by atoms with E-state index in [1.54, 1.807) is 0 Å². The molecule has 2 N–H and O–H groups in total. The van der Waals surface area contributed by atoms with E-state index in [0.717, 1.165) is 24.9 Å². The molecule has 1 unspecified atom stereocenters. The van der Waals surface area contributed by atoms with Gasteiger partial charge in [-0.05, 0) is 25.8 Å². The third-order valence-electron chi connectivity index (χ3n) is 3.46. The van der Waals surface area contributed by atoms with Gasteiger partial charge in [-0.15, -0.1) is 0 Å². The number of rotatable bonds is 2. The van der Waals surface area contributed by atoms with Crippen LogP contribution in [-0.4, -0.2) is 30.9 Å². The van der Waals surface area contributed by atoms with Crippen LogP contribution in [0.4, 0.5) is 0 Å². The summed E-state index contributed by atoms with van der Waals surface area (Å²) in [6, 6.07) is 1.93. The Morgan fingerprint density at radius 2 is 2.22 bits per heavy atom. The Hall–Kier alpha value is -1.13. The molecule has 2 aliphatic heterocycles. The van der Waals surface area contributed by atoms with E-state index in [4.69, 9.17) is 21.1 Å². The van der Waals surface area contributed by atoms with E-state index in [1.165, 1.54) is 12.5 Å². The molecule has 98 valence electrons. The molecule has 1 fully saturated rings. The number of benzene rings is 1. The monoisotopic (exact) mass is 269 g/mol. The molecule has 2 aliphatic rings. The van der Waals surface area contributed by atoms with Crippen LogP contribution in [0.2, 0.25) is 5.02 Å². The molecule has 0 amide bonds. The maximum absolute atomic E-state index is 9.84. The summed E-state index contributed by atoms with van der Waals surface area (Å²) in [4.78, 5) is 0. The fraction of sp³-hybridized carbons (Fsp3) is 0.538. The van der Waals surface area contributed by atoms with Crippen molar-refractivity contribution in [3.8, 4) is 17.2 Å². The highest BCUT2D eigenvalue weighted by Crippen LogP contribution is 2.44. The highest BCUT2D eigenvalue weighted by Gasteiger charge is 2.25. The largest absolute Gasteiger partial charge is 0.506 e. The van der Waals surface area contributed by atoms with E-state index in [1.807, 2.05) is 0 Å². The second kappa shape index (κ2) is 4.86. The van der Waals surface area contributed by atoms with Gasteiger partial charge in [-0.3, -0.25) is 0 Å². The molecule has 1 aromatic rings. The molecule has 18 heavy (non-hydrogen) atoms. The van der Waals surface area contributed by atoms with E-state index in [9.17, 15) is 5.11 Å². The Balaban J connectivity index is 1.97. The van der Waals surface area contributed by atoms with Gasteiger partial charge in [0.15, 0.2) is 11.5 Å². The number of aromatic hydroxyl groups is 1. The lowest BCUT2D eigenvalue weighted by Crippen LogP contribution is -2.25. The van der Waals surface area contributed by atoms with Crippen LogP contribution in [0.15, 0.2) is 6.07 Å². The fourth-order valence-electron chi connectivity index (χ4n) is 2.58. The molecular formula is C13H16ClNO3. The predicted molar refractivity (Wildman–Crippen MR) is 68.8 cm³/mol. The first-order chi connectivity index (χ1) is 8.75. The van der Waals surface area contributed by atoms with Crippen molar-refractivity contribution in [2.75, 3.05) is 19.8 Å². The van der Waals surface area contributed by atoms with Crippen molar-refractivity contribution in [3.05, 3.63) is 16.7 Å². The van der Waals surface area contributed by atoms with E-state index >= 15 is 0 Å². The zero-order valence-corrected chi connectivity index (χ0v) is 10.8. The summed E-state index contributed by atoms with van der Waals surface area (Å²) in [6.07, 6.45) is 3.07. The van der Waals surface area contributed by atoms with Crippen molar-refractivity contribution in [1.29, 1.82) is 0 Å². The molecule has 5 heteroatoms. The van der Waals surface area contributed by atoms with Crippen molar-refractivity contribution >= 4 is 11.6 Å². The molecule has 2 heterocycles. The second-order valence-electron chi connectivity index (χ2n) is 4.71. The quantitative estimate of drug-likeness (QED) is 0.863. The number of phenolic OH excluding ortho intramolecular Hbond substituents is 1. The van der Waals surface area contributed by atoms with Crippen LogP contribution in [0, 0.1) is 0 Å². The van der Waals surface area contributed by atoms with Gasteiger partial charge in [-0.2, -0.15) is 0 Å². The number of hydrogen-bond donors (Lipinski definition) is 2. The maximum Gasteiger partial charge on any atom is 0.166 e. The predicted octanol–water partition coefficient (Wildman–Crippen LogP) is 2.11. The lowest BCUT2D eigenvalue weighted by atomic mass is 10.0. The van der Waals surface area contributed by atoms with E-state index in [2.05, 4.69) is 5.32 Å². The van der Waals surface area contributed by atoms with Crippen LogP contribution in [0.5, 0.6) is 17.2 Å². The standard InChI is InChI=1S/C13H16ClNO3/c14-12-9(6-8-2-1-3-15-8)13-11(7-10(12)16)17-4-5-18-13/h7-8,15-16H,1-6H2. The minimum Gasteiger partial charge on any atom is -0.506 e. The van der Waals surface area contributed by atoms with E-state index in [0.29, 0.717) is 35.8 Å². The number of hydrogen-bond acceptors (Lipinski definition) is 4. The van der Waals surface area contributed by atoms with Crippen LogP contribution in [-0.2, 0) is 6.42 Å². The lowest BCUT2D eigenvalue weighted by molar-refractivity contribution is 0.169. The van der Waals surface area contributed by atoms with Gasteiger partial charge >= 0.3 is 0 Å². The van der Waals surface area contributed by atoms with Crippen LogP contribution < -0.4 is 14.8 Å². The van der Waals surface area contributed by atoms with Gasteiger partial charge in [0, 0.05) is 17.7 Å². The molecule has 0 spiro atoms. The van der Waals surface area contributed by atoms with E-state index in [-0.39, 0.29) is 5.75 Å². The second-order valence-corrected chi connectivity index (χ2v) is 5.09. The summed E-state index contributed by atoms with van der Waals surface area (Å²) in [5.41, 5.74) is 0.853. The van der Waals surface area contributed by atoms with Gasteiger partial charge in [0.2, 0.25) is 0 Å². The number of nitrogens with one attached hydrogen (secondary N) is 1. The Labute approximate surface area is 111 Å². The van der Waals surface area contributed by atoms with Crippen molar-refractivity contribution in [2.45, 2.75) is 25.3 Å². The van der Waals surface area contributed by atoms with Gasteiger partial charge in [0.05, 0.1) is 5.02 Å². The summed E-state index contributed by atoms with van der Waals surface area (Å²) in [5, 5.41) is 13.6. The molecule has 1 saturated heterocycles. The molecule has 0 aliphatic carbocycles. The Morgan fingerprint density at radius 3 is 3.00 bits per heavy atom. The van der Waals surface area contributed by atoms with Crippen molar-refractivity contribution in [2.24, 2.45) is 0 Å². The molecule has 0 aromatic heterocycles. The lowest BCUT2D eigenvalue weighted by Gasteiger charge is -2.23. The summed E-state index contributed by atoms with van der Waals surface area (Å²) in [6.45, 7) is 2.08. The zero-order chi connectivity index (χ0) is 12.5. The SMILES string of the molecule is Oc1cc2c(c(CC3CCCN3)c1Cl)OCCO2. The average Bonchev–Trinajstić information content (AvgIpc) is 2.88. The molecule has 3 rings (SSSR count). The van der Waals surface area contributed by atoms with E-state index < -0.39 is 0 Å². The third-order valence-corrected chi connectivity index (χ3v) is 3.88. The Kier molecular flexibility index (Phi) is 3.22. The average molecular weight is 270 g/mol. The minimum atomic E-state index is 0.0638. The smallest absolute Gasteiger partial charge is 0.166 e. The van der Waals surface area contributed by atoms with Crippen LogP contribution in [0.25, 0.3) is 0 Å². The van der Waals surface area contributed by atoms with Crippen LogP contribution in [0.1, 0.15) is 18.4 Å². The third kappa shape index (κ3) is 2.10.